The molecule has 0 heterocycles. The molecule has 0 unspecified atom stereocenters. The van der Waals surface area contributed by atoms with Gasteiger partial charge in [0.1, 0.15) is 18.1 Å². The van der Waals surface area contributed by atoms with Crippen molar-refractivity contribution in [2.75, 3.05) is 6.61 Å². The van der Waals surface area contributed by atoms with Crippen molar-refractivity contribution in [2.24, 2.45) is 0 Å². The van der Waals surface area contributed by atoms with Gasteiger partial charge in [-0.25, -0.2) is 4.79 Å². The molecule has 4 aromatic rings. The number of benzene rings is 4. The molecule has 4 rings (SSSR count). The van der Waals surface area contributed by atoms with Gasteiger partial charge < -0.3 is 14.6 Å². The number of carbonyl (C=O) groups is 1. The van der Waals surface area contributed by atoms with Crippen molar-refractivity contribution in [1.82, 2.24) is 0 Å². The highest BCUT2D eigenvalue weighted by Crippen LogP contribution is 2.36. The molecule has 0 aliphatic heterocycles. The van der Waals surface area contributed by atoms with Crippen LogP contribution in [0.3, 0.4) is 0 Å². The van der Waals surface area contributed by atoms with Gasteiger partial charge in [-0.1, -0.05) is 91.9 Å². The van der Waals surface area contributed by atoms with Crippen molar-refractivity contribution < 1.29 is 19.4 Å². The second-order valence-electron chi connectivity index (χ2n) is 8.08. The highest BCUT2D eigenvalue weighted by Gasteiger charge is 2.14. The first kappa shape index (κ1) is 23.8. The Labute approximate surface area is 206 Å². The van der Waals surface area contributed by atoms with E-state index in [1.54, 1.807) is 0 Å². The zero-order valence-corrected chi connectivity index (χ0v) is 19.7. The smallest absolute Gasteiger partial charge is 0.341 e. The van der Waals surface area contributed by atoms with Crippen LogP contribution in [-0.2, 0) is 11.4 Å². The Kier molecular flexibility index (Phi) is 7.97. The van der Waals surface area contributed by atoms with Crippen molar-refractivity contribution in [2.45, 2.75) is 20.0 Å². The van der Waals surface area contributed by atoms with Gasteiger partial charge in [-0.05, 0) is 64.1 Å². The molecule has 0 radical (unpaired) electrons. The van der Waals surface area contributed by atoms with Crippen molar-refractivity contribution in [1.29, 1.82) is 0 Å². The van der Waals surface area contributed by atoms with E-state index in [0.29, 0.717) is 12.4 Å². The van der Waals surface area contributed by atoms with Crippen LogP contribution in [0.15, 0.2) is 109 Å². The fourth-order valence-corrected chi connectivity index (χ4v) is 4.02. The Hall–Kier alpha value is -4.31. The molecule has 176 valence electrons. The van der Waals surface area contributed by atoms with Gasteiger partial charge in [0, 0.05) is 0 Å². The Bertz CT molecular complexity index is 1280. The maximum absolute atomic E-state index is 10.8. The highest BCUT2D eigenvalue weighted by molar-refractivity contribution is 5.98. The van der Waals surface area contributed by atoms with E-state index in [4.69, 9.17) is 14.6 Å². The van der Waals surface area contributed by atoms with E-state index >= 15 is 0 Å². The topological polar surface area (TPSA) is 55.8 Å². The summed E-state index contributed by atoms with van der Waals surface area (Å²) in [4.78, 5) is 10.8. The lowest BCUT2D eigenvalue weighted by molar-refractivity contribution is -0.139. The van der Waals surface area contributed by atoms with Gasteiger partial charge in [-0.15, -0.1) is 0 Å². The molecule has 1 N–H and O–H groups in total. The molecule has 35 heavy (non-hydrogen) atoms. The Morgan fingerprint density at radius 2 is 1.34 bits per heavy atom. The second-order valence-corrected chi connectivity index (χ2v) is 8.08. The van der Waals surface area contributed by atoms with E-state index < -0.39 is 5.97 Å². The molecule has 0 amide bonds. The molecule has 0 spiro atoms. The van der Waals surface area contributed by atoms with Crippen LogP contribution >= 0.6 is 0 Å². The summed E-state index contributed by atoms with van der Waals surface area (Å²) in [5.74, 6) is 0.321. The summed E-state index contributed by atoms with van der Waals surface area (Å²) in [6, 6.07) is 36.2. The molecule has 0 saturated carbocycles. The predicted octanol–water partition coefficient (Wildman–Crippen LogP) is 7.10. The van der Waals surface area contributed by atoms with Crippen LogP contribution < -0.4 is 9.47 Å². The van der Waals surface area contributed by atoms with E-state index in [1.807, 2.05) is 84.9 Å². The number of ether oxygens (including phenoxy) is 2. The molecule has 0 aromatic heterocycles. The van der Waals surface area contributed by atoms with E-state index in [9.17, 15) is 4.79 Å². The SMILES string of the molecule is CC/C(=C(/c1ccc(OCC(=O)O)cc1)c1cccc(OCc2ccccc2)c1)c1ccccc1. The average Bonchev–Trinajstić information content (AvgIpc) is 2.91. The van der Waals surface area contributed by atoms with Crippen LogP contribution in [0, 0.1) is 0 Å². The fraction of sp³-hybridized carbons (Fsp3) is 0.129. The van der Waals surface area contributed by atoms with Gasteiger partial charge in [0.15, 0.2) is 6.61 Å². The first-order valence-corrected chi connectivity index (χ1v) is 11.6. The summed E-state index contributed by atoms with van der Waals surface area (Å²) in [6.45, 7) is 2.29. The third kappa shape index (κ3) is 6.39. The van der Waals surface area contributed by atoms with Crippen molar-refractivity contribution in [3.63, 3.8) is 0 Å². The Morgan fingerprint density at radius 1 is 0.686 bits per heavy atom. The normalized spacial score (nSPS) is 11.5. The highest BCUT2D eigenvalue weighted by atomic mass is 16.5. The first-order chi connectivity index (χ1) is 17.1. The number of hydrogen-bond acceptors (Lipinski definition) is 3. The van der Waals surface area contributed by atoms with Gasteiger partial charge >= 0.3 is 5.97 Å². The molecule has 0 atom stereocenters. The summed E-state index contributed by atoms with van der Waals surface area (Å²) in [6.07, 6.45) is 0.839. The summed E-state index contributed by atoms with van der Waals surface area (Å²) in [5.41, 5.74) is 6.67. The molecule has 0 saturated heterocycles. The van der Waals surface area contributed by atoms with Crippen molar-refractivity contribution in [3.8, 4) is 11.5 Å². The summed E-state index contributed by atoms with van der Waals surface area (Å²) in [7, 11) is 0. The molecule has 0 aliphatic carbocycles. The maximum Gasteiger partial charge on any atom is 0.341 e. The Balaban J connectivity index is 1.72. The minimum atomic E-state index is -1.00. The van der Waals surface area contributed by atoms with E-state index in [1.165, 1.54) is 5.57 Å². The fourth-order valence-electron chi connectivity index (χ4n) is 4.02. The number of allylic oxidation sites excluding steroid dienone is 1. The number of rotatable bonds is 10. The lowest BCUT2D eigenvalue weighted by atomic mass is 9.88. The molecule has 4 heteroatoms. The van der Waals surface area contributed by atoms with Gasteiger partial charge in [0.05, 0.1) is 0 Å². The average molecular weight is 465 g/mol. The molecule has 0 bridgehead atoms. The van der Waals surface area contributed by atoms with Crippen LogP contribution in [0.2, 0.25) is 0 Å². The molecule has 0 aliphatic rings. The summed E-state index contributed by atoms with van der Waals surface area (Å²) < 4.78 is 11.4. The third-order valence-electron chi connectivity index (χ3n) is 5.65. The van der Waals surface area contributed by atoms with E-state index in [2.05, 4.69) is 31.2 Å². The maximum atomic E-state index is 10.8. The van der Waals surface area contributed by atoms with Gasteiger partial charge in [0.25, 0.3) is 0 Å². The first-order valence-electron chi connectivity index (χ1n) is 11.6. The van der Waals surface area contributed by atoms with Crippen LogP contribution in [0.25, 0.3) is 11.1 Å². The van der Waals surface area contributed by atoms with Gasteiger partial charge in [-0.3, -0.25) is 0 Å². The van der Waals surface area contributed by atoms with Crippen LogP contribution in [0.5, 0.6) is 11.5 Å². The molecular formula is C31H28O4. The molecule has 0 fully saturated rings. The summed E-state index contributed by atoms with van der Waals surface area (Å²) in [5, 5.41) is 8.90. The largest absolute Gasteiger partial charge is 0.489 e. The van der Waals surface area contributed by atoms with Crippen LogP contribution in [-0.4, -0.2) is 17.7 Å². The third-order valence-corrected chi connectivity index (χ3v) is 5.65. The van der Waals surface area contributed by atoms with E-state index in [-0.39, 0.29) is 6.61 Å². The molecule has 4 aromatic carbocycles. The predicted molar refractivity (Wildman–Crippen MR) is 139 cm³/mol. The summed E-state index contributed by atoms with van der Waals surface area (Å²) >= 11 is 0. The van der Waals surface area contributed by atoms with Crippen molar-refractivity contribution in [3.05, 3.63) is 131 Å². The van der Waals surface area contributed by atoms with Crippen LogP contribution in [0.1, 0.15) is 35.6 Å². The Morgan fingerprint density at radius 3 is 2.00 bits per heavy atom. The lowest BCUT2D eigenvalue weighted by Gasteiger charge is -2.18. The zero-order valence-electron chi connectivity index (χ0n) is 19.7. The monoisotopic (exact) mass is 464 g/mol. The molecule has 4 nitrogen and oxygen atoms in total. The number of carboxylic acid groups (broad SMARTS) is 1. The molecular weight excluding hydrogens is 436 g/mol. The number of hydrogen-bond donors (Lipinski definition) is 1. The quantitative estimate of drug-likeness (QED) is 0.254. The second kappa shape index (κ2) is 11.7. The van der Waals surface area contributed by atoms with Gasteiger partial charge in [0.2, 0.25) is 0 Å². The number of carboxylic acids is 1. The van der Waals surface area contributed by atoms with Crippen molar-refractivity contribution >= 4 is 17.1 Å². The van der Waals surface area contributed by atoms with Gasteiger partial charge in [-0.2, -0.15) is 0 Å². The lowest BCUT2D eigenvalue weighted by Crippen LogP contribution is -2.09. The minimum Gasteiger partial charge on any atom is -0.489 e. The minimum absolute atomic E-state index is 0.368. The standard InChI is InChI=1S/C31H28O4/c1-2-29(24-12-7-4-8-13-24)31(25-16-18-27(19-17-25)35-22-30(32)33)26-14-9-15-28(20-26)34-21-23-10-5-3-6-11-23/h3-20H,2,21-22H2,1H3,(H,32,33)/b31-29+. The number of aliphatic carboxylic acids is 1. The van der Waals surface area contributed by atoms with E-state index in [0.717, 1.165) is 40.0 Å². The van der Waals surface area contributed by atoms with Crippen LogP contribution in [0.4, 0.5) is 0 Å². The zero-order chi connectivity index (χ0) is 24.5.